The topological polar surface area (TPSA) is 27.7 Å². The molecule has 0 aliphatic heterocycles. The molecule has 0 bridgehead atoms. The van der Waals surface area contributed by atoms with Crippen molar-refractivity contribution in [1.29, 1.82) is 0 Å². The van der Waals surface area contributed by atoms with E-state index in [0.717, 1.165) is 0 Å². The fourth-order valence-electron chi connectivity index (χ4n) is 2.43. The SMILES string of the molecule is CO[Si](OC)(OC(C)C)c1ccc(-c2cc(F)c(F)c(F)c2F)cc1. The van der Waals surface area contributed by atoms with E-state index in [1.807, 2.05) is 13.8 Å². The Balaban J connectivity index is 2.47. The van der Waals surface area contributed by atoms with E-state index in [-0.39, 0.29) is 17.2 Å². The van der Waals surface area contributed by atoms with Crippen LogP contribution in [0.5, 0.6) is 0 Å². The summed E-state index contributed by atoms with van der Waals surface area (Å²) in [5, 5.41) is 0.596. The van der Waals surface area contributed by atoms with Gasteiger partial charge in [0.2, 0.25) is 0 Å². The minimum atomic E-state index is -3.15. The summed E-state index contributed by atoms with van der Waals surface area (Å²) in [6.45, 7) is 3.65. The molecule has 3 nitrogen and oxygen atoms in total. The van der Waals surface area contributed by atoms with Gasteiger partial charge in [0, 0.05) is 31.1 Å². The second-order valence-electron chi connectivity index (χ2n) is 5.56. The van der Waals surface area contributed by atoms with E-state index in [2.05, 4.69) is 0 Å². The van der Waals surface area contributed by atoms with Gasteiger partial charge in [-0.1, -0.05) is 24.3 Å². The zero-order valence-corrected chi connectivity index (χ0v) is 15.2. The largest absolute Gasteiger partial charge is 0.536 e. The Labute approximate surface area is 144 Å². The average Bonchev–Trinajstić information content (AvgIpc) is 2.61. The molecule has 25 heavy (non-hydrogen) atoms. The van der Waals surface area contributed by atoms with E-state index >= 15 is 0 Å². The van der Waals surface area contributed by atoms with E-state index in [1.165, 1.54) is 26.4 Å². The van der Waals surface area contributed by atoms with Crippen molar-refractivity contribution < 1.29 is 30.8 Å². The van der Waals surface area contributed by atoms with Crippen molar-refractivity contribution in [2.24, 2.45) is 0 Å². The zero-order chi connectivity index (χ0) is 18.8. The Morgan fingerprint density at radius 3 is 1.88 bits per heavy atom. The lowest BCUT2D eigenvalue weighted by molar-refractivity contribution is 0.0838. The van der Waals surface area contributed by atoms with Gasteiger partial charge in [-0.15, -0.1) is 0 Å². The Bertz CT molecular complexity index is 747. The molecule has 0 radical (unpaired) electrons. The van der Waals surface area contributed by atoms with Gasteiger partial charge in [-0.05, 0) is 25.5 Å². The van der Waals surface area contributed by atoms with Crippen LogP contribution in [0.2, 0.25) is 0 Å². The molecule has 0 spiro atoms. The van der Waals surface area contributed by atoms with Crippen LogP contribution >= 0.6 is 0 Å². The molecule has 2 aromatic rings. The molecule has 0 N–H and O–H groups in total. The summed E-state index contributed by atoms with van der Waals surface area (Å²) in [5.74, 6) is -6.60. The lowest BCUT2D eigenvalue weighted by atomic mass is 10.0. The standard InChI is InChI=1S/C17H18F4O3Si/c1-10(2)24-25(22-3,23-4)12-7-5-11(6-8-12)13-9-14(18)16(20)17(21)15(13)19/h5-10H,1-4H3. The number of benzene rings is 2. The maximum absolute atomic E-state index is 13.9. The van der Waals surface area contributed by atoms with Crippen LogP contribution in [0.1, 0.15) is 13.8 Å². The maximum Gasteiger partial charge on any atom is 0.536 e. The highest BCUT2D eigenvalue weighted by molar-refractivity contribution is 6.75. The summed E-state index contributed by atoms with van der Waals surface area (Å²) in [5.41, 5.74) is -0.200. The van der Waals surface area contributed by atoms with Gasteiger partial charge in [-0.2, -0.15) is 0 Å². The fraction of sp³-hybridized carbons (Fsp3) is 0.294. The summed E-state index contributed by atoms with van der Waals surface area (Å²) in [7, 11) is -0.243. The van der Waals surface area contributed by atoms with Crippen LogP contribution in [0.4, 0.5) is 17.6 Å². The summed E-state index contributed by atoms with van der Waals surface area (Å²) in [6, 6.07) is 6.62. The van der Waals surface area contributed by atoms with Crippen LogP contribution in [0, 0.1) is 23.3 Å². The first-order valence-electron chi connectivity index (χ1n) is 7.47. The van der Waals surface area contributed by atoms with Crippen LogP contribution in [-0.4, -0.2) is 29.1 Å². The smallest absolute Gasteiger partial charge is 0.373 e. The van der Waals surface area contributed by atoms with Gasteiger partial charge in [0.1, 0.15) is 0 Å². The molecule has 0 aromatic heterocycles. The van der Waals surface area contributed by atoms with Crippen molar-refractivity contribution in [3.8, 4) is 11.1 Å². The third kappa shape index (κ3) is 3.76. The molecular formula is C17H18F4O3Si. The monoisotopic (exact) mass is 374 g/mol. The van der Waals surface area contributed by atoms with Gasteiger partial charge in [-0.25, -0.2) is 17.6 Å². The van der Waals surface area contributed by atoms with Crippen molar-refractivity contribution in [2.45, 2.75) is 20.0 Å². The van der Waals surface area contributed by atoms with Gasteiger partial charge in [0.15, 0.2) is 23.3 Å². The highest BCUT2D eigenvalue weighted by Crippen LogP contribution is 2.27. The summed E-state index contributed by atoms with van der Waals surface area (Å²) >= 11 is 0. The quantitative estimate of drug-likeness (QED) is 0.333. The van der Waals surface area contributed by atoms with Crippen LogP contribution in [0.3, 0.4) is 0 Å². The Morgan fingerprint density at radius 1 is 0.840 bits per heavy atom. The number of rotatable bonds is 6. The first-order valence-corrected chi connectivity index (χ1v) is 9.20. The van der Waals surface area contributed by atoms with Crippen LogP contribution in [0.15, 0.2) is 30.3 Å². The average molecular weight is 374 g/mol. The highest BCUT2D eigenvalue weighted by Gasteiger charge is 2.42. The summed E-state index contributed by atoms with van der Waals surface area (Å²) in [6.07, 6.45) is -0.163. The molecule has 0 aliphatic carbocycles. The molecule has 0 saturated heterocycles. The fourth-order valence-corrected chi connectivity index (χ4v) is 4.59. The van der Waals surface area contributed by atoms with Crippen LogP contribution < -0.4 is 5.19 Å². The van der Waals surface area contributed by atoms with Gasteiger partial charge in [-0.3, -0.25) is 0 Å². The van der Waals surface area contributed by atoms with E-state index in [0.29, 0.717) is 11.3 Å². The molecule has 0 amide bonds. The third-order valence-electron chi connectivity index (χ3n) is 3.58. The van der Waals surface area contributed by atoms with Gasteiger partial charge in [0.25, 0.3) is 0 Å². The zero-order valence-electron chi connectivity index (χ0n) is 14.2. The van der Waals surface area contributed by atoms with E-state index in [4.69, 9.17) is 13.3 Å². The third-order valence-corrected chi connectivity index (χ3v) is 6.48. The lowest BCUT2D eigenvalue weighted by Crippen LogP contribution is -2.56. The van der Waals surface area contributed by atoms with Crippen LogP contribution in [-0.2, 0) is 13.3 Å². The second-order valence-corrected chi connectivity index (χ2v) is 8.30. The molecule has 2 rings (SSSR count). The second kappa shape index (κ2) is 7.65. The van der Waals surface area contributed by atoms with Crippen LogP contribution in [0.25, 0.3) is 11.1 Å². The van der Waals surface area contributed by atoms with Crippen molar-refractivity contribution in [2.75, 3.05) is 14.2 Å². The Morgan fingerprint density at radius 2 is 1.40 bits per heavy atom. The van der Waals surface area contributed by atoms with E-state index in [1.54, 1.807) is 12.1 Å². The van der Waals surface area contributed by atoms with Crippen molar-refractivity contribution in [3.05, 3.63) is 53.6 Å². The molecule has 0 unspecified atom stereocenters. The summed E-state index contributed by atoms with van der Waals surface area (Å²) < 4.78 is 70.5. The minimum Gasteiger partial charge on any atom is -0.373 e. The van der Waals surface area contributed by atoms with Gasteiger partial charge >= 0.3 is 8.80 Å². The molecule has 0 fully saturated rings. The predicted molar refractivity (Wildman–Crippen MR) is 87.3 cm³/mol. The molecule has 0 aliphatic rings. The molecule has 8 heteroatoms. The first-order chi connectivity index (χ1) is 11.8. The van der Waals surface area contributed by atoms with E-state index in [9.17, 15) is 17.6 Å². The maximum atomic E-state index is 13.9. The van der Waals surface area contributed by atoms with E-state index < -0.39 is 32.1 Å². The molecule has 136 valence electrons. The first kappa shape index (κ1) is 19.6. The lowest BCUT2D eigenvalue weighted by Gasteiger charge is -2.28. The number of halogens is 4. The Kier molecular flexibility index (Phi) is 5.99. The summed E-state index contributed by atoms with van der Waals surface area (Å²) in [4.78, 5) is 0. The Hall–Kier alpha value is -1.74. The number of hydrogen-bond donors (Lipinski definition) is 0. The van der Waals surface area contributed by atoms with Crippen molar-refractivity contribution in [3.63, 3.8) is 0 Å². The van der Waals surface area contributed by atoms with Gasteiger partial charge < -0.3 is 13.3 Å². The highest BCUT2D eigenvalue weighted by atomic mass is 28.4. The molecule has 0 heterocycles. The van der Waals surface area contributed by atoms with Crippen molar-refractivity contribution in [1.82, 2.24) is 0 Å². The molecule has 0 atom stereocenters. The van der Waals surface area contributed by atoms with Gasteiger partial charge in [0.05, 0.1) is 0 Å². The van der Waals surface area contributed by atoms with Crippen molar-refractivity contribution >= 4 is 14.0 Å². The molecule has 2 aromatic carbocycles. The predicted octanol–water partition coefficient (Wildman–Crippen LogP) is 3.77. The normalized spacial score (nSPS) is 12.0. The molecular weight excluding hydrogens is 356 g/mol. The number of hydrogen-bond acceptors (Lipinski definition) is 3. The molecule has 0 saturated carbocycles. The minimum absolute atomic E-state index is 0.163.